The molecule has 1 amide bonds. The third-order valence-corrected chi connectivity index (χ3v) is 8.49. The van der Waals surface area contributed by atoms with Gasteiger partial charge in [0.15, 0.2) is 5.13 Å². The Balaban J connectivity index is 1.52. The fraction of sp³-hybridized carbons (Fsp3) is 0.364. The number of anilines is 1. The number of benzene rings is 2. The predicted molar refractivity (Wildman–Crippen MR) is 122 cm³/mol. The van der Waals surface area contributed by atoms with Gasteiger partial charge in [0.1, 0.15) is 11.3 Å². The van der Waals surface area contributed by atoms with Crippen molar-refractivity contribution in [3.63, 3.8) is 0 Å². The van der Waals surface area contributed by atoms with Crippen molar-refractivity contribution in [2.45, 2.75) is 43.5 Å². The van der Waals surface area contributed by atoms with Gasteiger partial charge in [-0.3, -0.25) is 10.1 Å². The summed E-state index contributed by atoms with van der Waals surface area (Å²) in [6.07, 6.45) is 3.63. The van der Waals surface area contributed by atoms with E-state index < -0.39 is 10.0 Å². The molecular weight excluding hydrogens is 434 g/mol. The zero-order chi connectivity index (χ0) is 22.0. The van der Waals surface area contributed by atoms with Crippen molar-refractivity contribution in [3.05, 3.63) is 48.0 Å². The second kappa shape index (κ2) is 8.94. The number of hydrogen-bond acceptors (Lipinski definition) is 6. The lowest BCUT2D eigenvalue weighted by Crippen LogP contribution is -2.43. The zero-order valence-electron chi connectivity index (χ0n) is 17.5. The minimum Gasteiger partial charge on any atom is -0.494 e. The van der Waals surface area contributed by atoms with Crippen molar-refractivity contribution in [1.82, 2.24) is 9.29 Å². The Hall–Kier alpha value is -2.49. The molecule has 0 spiro atoms. The second-order valence-corrected chi connectivity index (χ2v) is 10.4. The number of carbonyl (C=O) groups excluding carboxylic acids is 1. The van der Waals surface area contributed by atoms with Gasteiger partial charge in [0.25, 0.3) is 5.91 Å². The summed E-state index contributed by atoms with van der Waals surface area (Å²) in [4.78, 5) is 17.3. The van der Waals surface area contributed by atoms with Crippen LogP contribution < -0.4 is 10.1 Å². The fourth-order valence-corrected chi connectivity index (χ4v) is 6.57. The van der Waals surface area contributed by atoms with Crippen LogP contribution in [0.4, 0.5) is 5.13 Å². The van der Waals surface area contributed by atoms with Gasteiger partial charge in [-0.15, -0.1) is 0 Å². The molecule has 3 aromatic rings. The fourth-order valence-electron chi connectivity index (χ4n) is 3.92. The molecule has 7 nitrogen and oxygen atoms in total. The molecule has 1 fully saturated rings. The number of aromatic nitrogens is 1. The molecule has 4 rings (SSSR count). The van der Waals surface area contributed by atoms with Crippen LogP contribution in [0.25, 0.3) is 10.2 Å². The van der Waals surface area contributed by atoms with Gasteiger partial charge < -0.3 is 4.74 Å². The van der Waals surface area contributed by atoms with E-state index in [2.05, 4.69) is 10.3 Å². The van der Waals surface area contributed by atoms with Crippen LogP contribution in [0.5, 0.6) is 5.75 Å². The molecule has 1 unspecified atom stereocenters. The number of carbonyl (C=O) groups is 1. The minimum atomic E-state index is -3.57. The topological polar surface area (TPSA) is 88.6 Å². The first kappa shape index (κ1) is 21.7. The van der Waals surface area contributed by atoms with Crippen LogP contribution in [0.1, 0.15) is 43.0 Å². The number of para-hydroxylation sites is 1. The average Bonchev–Trinajstić information content (AvgIpc) is 3.21. The van der Waals surface area contributed by atoms with Crippen LogP contribution in [-0.4, -0.2) is 43.3 Å². The summed E-state index contributed by atoms with van der Waals surface area (Å²) in [5, 5.41) is 3.25. The molecule has 9 heteroatoms. The lowest BCUT2D eigenvalue weighted by atomic mass is 10.0. The molecule has 0 aliphatic carbocycles. The van der Waals surface area contributed by atoms with Gasteiger partial charge in [0.05, 0.1) is 16.7 Å². The minimum absolute atomic E-state index is 0.0396. The summed E-state index contributed by atoms with van der Waals surface area (Å²) < 4.78 is 34.0. The number of nitrogens with zero attached hydrogens (tertiary/aromatic N) is 2. The Morgan fingerprint density at radius 3 is 2.71 bits per heavy atom. The van der Waals surface area contributed by atoms with Crippen LogP contribution in [0.2, 0.25) is 0 Å². The van der Waals surface area contributed by atoms with Crippen LogP contribution in [-0.2, 0) is 10.0 Å². The highest BCUT2D eigenvalue weighted by Crippen LogP contribution is 2.32. The van der Waals surface area contributed by atoms with E-state index in [1.807, 2.05) is 25.1 Å². The Morgan fingerprint density at radius 1 is 1.23 bits per heavy atom. The van der Waals surface area contributed by atoms with E-state index in [0.717, 1.165) is 30.4 Å². The number of sulfonamides is 1. The standard InChI is InChI=1S/C22H25N3O4S2/c1-3-16-7-4-5-14-25(16)31(27,28)17-12-10-15(11-13-17)21(26)24-22-23-20-18(29-2)8-6-9-19(20)30-22/h6,8-13,16H,3-5,7,14H2,1-2H3,(H,23,24,26). The highest BCUT2D eigenvalue weighted by molar-refractivity contribution is 7.89. The van der Waals surface area contributed by atoms with E-state index in [1.54, 1.807) is 23.5 Å². The number of amides is 1. The molecule has 1 atom stereocenters. The first-order valence-electron chi connectivity index (χ1n) is 10.3. The summed E-state index contributed by atoms with van der Waals surface area (Å²) in [7, 11) is -1.99. The number of rotatable bonds is 6. The van der Waals surface area contributed by atoms with Gasteiger partial charge in [-0.2, -0.15) is 4.31 Å². The van der Waals surface area contributed by atoms with Gasteiger partial charge in [-0.1, -0.05) is 30.7 Å². The second-order valence-electron chi connectivity index (χ2n) is 7.48. The van der Waals surface area contributed by atoms with Gasteiger partial charge in [-0.25, -0.2) is 13.4 Å². The van der Waals surface area contributed by atoms with Gasteiger partial charge in [0, 0.05) is 18.2 Å². The van der Waals surface area contributed by atoms with E-state index in [1.165, 1.54) is 23.5 Å². The van der Waals surface area contributed by atoms with Crippen LogP contribution in [0.15, 0.2) is 47.4 Å². The predicted octanol–water partition coefficient (Wildman–Crippen LogP) is 4.51. The molecule has 164 valence electrons. The maximum Gasteiger partial charge on any atom is 0.257 e. The lowest BCUT2D eigenvalue weighted by Gasteiger charge is -2.34. The third kappa shape index (κ3) is 4.30. The molecular formula is C22H25N3O4S2. The number of thiazole rings is 1. The summed E-state index contributed by atoms with van der Waals surface area (Å²) in [5.41, 5.74) is 1.06. The molecule has 1 aliphatic heterocycles. The SMILES string of the molecule is CCC1CCCCN1S(=O)(=O)c1ccc(C(=O)Nc2nc3c(OC)cccc3s2)cc1. The third-order valence-electron chi connectivity index (χ3n) is 5.59. The molecule has 31 heavy (non-hydrogen) atoms. The first-order valence-corrected chi connectivity index (χ1v) is 12.6. The number of nitrogens with one attached hydrogen (secondary N) is 1. The molecule has 1 aliphatic rings. The quantitative estimate of drug-likeness (QED) is 0.586. The van der Waals surface area contributed by atoms with E-state index in [0.29, 0.717) is 28.5 Å². The maximum absolute atomic E-state index is 13.1. The molecule has 0 saturated carbocycles. The molecule has 1 saturated heterocycles. The molecule has 1 N–H and O–H groups in total. The molecule has 2 aromatic carbocycles. The molecule has 1 aromatic heterocycles. The maximum atomic E-state index is 13.1. The van der Waals surface area contributed by atoms with Crippen molar-refractivity contribution in [2.24, 2.45) is 0 Å². The van der Waals surface area contributed by atoms with Crippen molar-refractivity contribution in [1.29, 1.82) is 0 Å². The highest BCUT2D eigenvalue weighted by Gasteiger charge is 2.32. The highest BCUT2D eigenvalue weighted by atomic mass is 32.2. The monoisotopic (exact) mass is 459 g/mol. The van der Waals surface area contributed by atoms with E-state index >= 15 is 0 Å². The zero-order valence-corrected chi connectivity index (χ0v) is 19.1. The normalized spacial score (nSPS) is 17.5. The summed E-state index contributed by atoms with van der Waals surface area (Å²) in [6.45, 7) is 2.56. The Kier molecular flexibility index (Phi) is 6.27. The van der Waals surface area contributed by atoms with Crippen molar-refractivity contribution in [3.8, 4) is 5.75 Å². The van der Waals surface area contributed by atoms with E-state index in [4.69, 9.17) is 4.74 Å². The number of piperidine rings is 1. The Morgan fingerprint density at radius 2 is 2.00 bits per heavy atom. The van der Waals surface area contributed by atoms with Gasteiger partial charge >= 0.3 is 0 Å². The van der Waals surface area contributed by atoms with Crippen LogP contribution in [0, 0.1) is 0 Å². The number of hydrogen-bond donors (Lipinski definition) is 1. The summed E-state index contributed by atoms with van der Waals surface area (Å²) in [5.74, 6) is 0.304. The molecule has 2 heterocycles. The number of ether oxygens (including phenoxy) is 1. The Labute approximate surface area is 186 Å². The summed E-state index contributed by atoms with van der Waals surface area (Å²) in [6, 6.07) is 11.7. The average molecular weight is 460 g/mol. The molecule has 0 bridgehead atoms. The van der Waals surface area contributed by atoms with Crippen LogP contribution in [0.3, 0.4) is 0 Å². The van der Waals surface area contributed by atoms with Crippen molar-refractivity contribution >= 4 is 42.6 Å². The van der Waals surface area contributed by atoms with E-state index in [-0.39, 0.29) is 16.8 Å². The van der Waals surface area contributed by atoms with Crippen molar-refractivity contribution in [2.75, 3.05) is 19.0 Å². The largest absolute Gasteiger partial charge is 0.494 e. The van der Waals surface area contributed by atoms with Gasteiger partial charge in [-0.05, 0) is 55.7 Å². The van der Waals surface area contributed by atoms with Gasteiger partial charge in [0.2, 0.25) is 10.0 Å². The first-order chi connectivity index (χ1) is 14.9. The Bertz CT molecular complexity index is 1190. The number of methoxy groups -OCH3 is 1. The smallest absolute Gasteiger partial charge is 0.257 e. The van der Waals surface area contributed by atoms with Crippen molar-refractivity contribution < 1.29 is 17.9 Å². The van der Waals surface area contributed by atoms with Crippen LogP contribution >= 0.6 is 11.3 Å². The number of fused-ring (bicyclic) bond motifs is 1. The molecule has 0 radical (unpaired) electrons. The lowest BCUT2D eigenvalue weighted by molar-refractivity contribution is 0.102. The summed E-state index contributed by atoms with van der Waals surface area (Å²) >= 11 is 1.35. The van der Waals surface area contributed by atoms with E-state index in [9.17, 15) is 13.2 Å².